The maximum Gasteiger partial charge on any atom is 0.252 e. The maximum atomic E-state index is 11.0. The summed E-state index contributed by atoms with van der Waals surface area (Å²) in [6.45, 7) is 1.26. The smallest absolute Gasteiger partial charge is 0.252 e. The van der Waals surface area contributed by atoms with Gasteiger partial charge >= 0.3 is 0 Å². The Bertz CT molecular complexity index is 648. The normalized spacial score (nSPS) is 10.4. The molecule has 2 rings (SSSR count). The molecule has 0 unspecified atom stereocenters. The Kier molecular flexibility index (Phi) is 8.45. The van der Waals surface area contributed by atoms with Gasteiger partial charge in [-0.05, 0) is 97.4 Å². The molecular weight excluding hydrogens is 375 g/mol. The van der Waals surface area contributed by atoms with Crippen LogP contribution in [0.5, 0.6) is 11.5 Å². The Balaban J connectivity index is 1.52. The van der Waals surface area contributed by atoms with E-state index in [2.05, 4.69) is 0 Å². The van der Waals surface area contributed by atoms with Gasteiger partial charge in [-0.1, -0.05) is 0 Å². The summed E-state index contributed by atoms with van der Waals surface area (Å²) in [5.74, 6) is 1.46. The van der Waals surface area contributed by atoms with Crippen LogP contribution < -0.4 is 9.47 Å². The number of hydrogen-bond acceptors (Lipinski definition) is 4. The molecule has 0 saturated heterocycles. The van der Waals surface area contributed by atoms with Crippen molar-refractivity contribution in [1.29, 1.82) is 0 Å². The van der Waals surface area contributed by atoms with Gasteiger partial charge in [-0.15, -0.1) is 0 Å². The largest absolute Gasteiger partial charge is 0.494 e. The van der Waals surface area contributed by atoms with Crippen LogP contribution in [0.4, 0.5) is 0 Å². The highest BCUT2D eigenvalue weighted by molar-refractivity contribution is 6.68. The summed E-state index contributed by atoms with van der Waals surface area (Å²) >= 11 is 10.8. The third-order valence-corrected chi connectivity index (χ3v) is 4.18. The number of carbonyl (C=O) groups excluding carboxylic acids is 2. The van der Waals surface area contributed by atoms with Crippen molar-refractivity contribution < 1.29 is 19.1 Å². The lowest BCUT2D eigenvalue weighted by Gasteiger charge is -2.08. The van der Waals surface area contributed by atoms with Crippen molar-refractivity contribution in [3.63, 3.8) is 0 Å². The molecule has 2 aromatic rings. The molecule has 0 aliphatic carbocycles. The van der Waals surface area contributed by atoms with Gasteiger partial charge in [0.15, 0.2) is 0 Å². The van der Waals surface area contributed by atoms with Crippen molar-refractivity contribution in [3.05, 3.63) is 59.7 Å². The molecule has 26 heavy (non-hydrogen) atoms. The van der Waals surface area contributed by atoms with E-state index in [0.717, 1.165) is 37.2 Å². The van der Waals surface area contributed by atoms with Gasteiger partial charge in [-0.2, -0.15) is 0 Å². The van der Waals surface area contributed by atoms with Crippen molar-refractivity contribution in [1.82, 2.24) is 0 Å². The zero-order valence-corrected chi connectivity index (χ0v) is 15.8. The van der Waals surface area contributed by atoms with E-state index < -0.39 is 10.5 Å². The van der Waals surface area contributed by atoms with Crippen LogP contribution in [-0.2, 0) is 0 Å². The first-order chi connectivity index (χ1) is 12.6. The molecule has 0 bridgehead atoms. The first-order valence-electron chi connectivity index (χ1n) is 8.41. The molecule has 2 aromatic carbocycles. The van der Waals surface area contributed by atoms with Crippen molar-refractivity contribution in [3.8, 4) is 11.5 Å². The molecule has 0 fully saturated rings. The lowest BCUT2D eigenvalue weighted by atomic mass is 10.2. The summed E-state index contributed by atoms with van der Waals surface area (Å²) in [5.41, 5.74) is 0.922. The first-order valence-corrected chi connectivity index (χ1v) is 9.17. The van der Waals surface area contributed by atoms with E-state index in [4.69, 9.17) is 32.7 Å². The second-order valence-corrected chi connectivity index (χ2v) is 6.39. The Hall–Kier alpha value is -2.04. The SMILES string of the molecule is O=C(Cl)c1ccc(OCCCCCCOc2ccc(C(=O)Cl)cc2)cc1. The fourth-order valence-corrected chi connectivity index (χ4v) is 2.55. The topological polar surface area (TPSA) is 52.6 Å². The number of benzene rings is 2. The van der Waals surface area contributed by atoms with Crippen LogP contribution in [0.15, 0.2) is 48.5 Å². The average molecular weight is 395 g/mol. The molecule has 0 N–H and O–H groups in total. The first kappa shape index (κ1) is 20.3. The van der Waals surface area contributed by atoms with Crippen molar-refractivity contribution >= 4 is 33.7 Å². The Morgan fingerprint density at radius 2 is 0.962 bits per heavy atom. The van der Waals surface area contributed by atoms with Crippen LogP contribution in [0, 0.1) is 0 Å². The van der Waals surface area contributed by atoms with E-state index in [-0.39, 0.29) is 0 Å². The minimum Gasteiger partial charge on any atom is -0.494 e. The van der Waals surface area contributed by atoms with Crippen LogP contribution in [0.3, 0.4) is 0 Å². The van der Waals surface area contributed by atoms with Crippen molar-refractivity contribution in [2.75, 3.05) is 13.2 Å². The molecule has 0 aliphatic heterocycles. The second kappa shape index (κ2) is 10.8. The monoisotopic (exact) mass is 394 g/mol. The van der Waals surface area contributed by atoms with E-state index in [1.807, 2.05) is 0 Å². The van der Waals surface area contributed by atoms with Gasteiger partial charge < -0.3 is 9.47 Å². The summed E-state index contributed by atoms with van der Waals surface area (Å²) in [5, 5.41) is -0.940. The molecule has 0 heterocycles. The van der Waals surface area contributed by atoms with E-state index in [9.17, 15) is 9.59 Å². The third-order valence-electron chi connectivity index (χ3n) is 3.74. The zero-order valence-electron chi connectivity index (χ0n) is 14.3. The highest BCUT2D eigenvalue weighted by Gasteiger charge is 2.02. The van der Waals surface area contributed by atoms with Crippen molar-refractivity contribution in [2.45, 2.75) is 25.7 Å². The second-order valence-electron chi connectivity index (χ2n) is 5.71. The van der Waals surface area contributed by atoms with Crippen LogP contribution >= 0.6 is 23.2 Å². The van der Waals surface area contributed by atoms with E-state index in [0.29, 0.717) is 24.3 Å². The number of hydrogen-bond donors (Lipinski definition) is 0. The molecule has 0 spiro atoms. The van der Waals surface area contributed by atoms with Crippen LogP contribution in [-0.4, -0.2) is 23.7 Å². The maximum absolute atomic E-state index is 11.0. The highest BCUT2D eigenvalue weighted by atomic mass is 35.5. The van der Waals surface area contributed by atoms with Crippen LogP contribution in [0.25, 0.3) is 0 Å². The standard InChI is InChI=1S/C20H20Cl2O4/c21-19(23)15-5-9-17(10-6-15)25-13-3-1-2-4-14-26-18-11-7-16(8-12-18)20(22)24/h5-12H,1-4,13-14H2. The zero-order chi connectivity index (χ0) is 18.8. The highest BCUT2D eigenvalue weighted by Crippen LogP contribution is 2.15. The lowest BCUT2D eigenvalue weighted by Crippen LogP contribution is -2.00. The lowest BCUT2D eigenvalue weighted by molar-refractivity contribution is 0.107. The molecule has 138 valence electrons. The minimum atomic E-state index is -0.470. The Morgan fingerprint density at radius 1 is 0.615 bits per heavy atom. The summed E-state index contributed by atoms with van der Waals surface area (Å²) < 4.78 is 11.2. The van der Waals surface area contributed by atoms with E-state index in [1.54, 1.807) is 48.5 Å². The Labute approximate surface area is 163 Å². The molecule has 4 nitrogen and oxygen atoms in total. The minimum absolute atomic E-state index is 0.461. The predicted octanol–water partition coefficient (Wildman–Crippen LogP) is 5.46. The molecule has 0 amide bonds. The Morgan fingerprint density at radius 3 is 1.27 bits per heavy atom. The third kappa shape index (κ3) is 7.06. The summed E-state index contributed by atoms with van der Waals surface area (Å²) in [6.07, 6.45) is 3.98. The summed E-state index contributed by atoms with van der Waals surface area (Å²) in [7, 11) is 0. The van der Waals surface area contributed by atoms with Gasteiger partial charge in [0.2, 0.25) is 0 Å². The molecule has 6 heteroatoms. The molecule has 0 atom stereocenters. The van der Waals surface area contributed by atoms with Crippen LogP contribution in [0.1, 0.15) is 46.4 Å². The van der Waals surface area contributed by atoms with Gasteiger partial charge in [-0.3, -0.25) is 9.59 Å². The number of halogens is 2. The quantitative estimate of drug-likeness (QED) is 0.374. The van der Waals surface area contributed by atoms with E-state index >= 15 is 0 Å². The molecular formula is C20H20Cl2O4. The van der Waals surface area contributed by atoms with Gasteiger partial charge in [-0.25, -0.2) is 0 Å². The molecule has 0 radical (unpaired) electrons. The van der Waals surface area contributed by atoms with Gasteiger partial charge in [0.1, 0.15) is 11.5 Å². The summed E-state index contributed by atoms with van der Waals surface area (Å²) in [4.78, 5) is 21.9. The number of ether oxygens (including phenoxy) is 2. The number of carbonyl (C=O) groups is 2. The van der Waals surface area contributed by atoms with Gasteiger partial charge in [0, 0.05) is 11.1 Å². The van der Waals surface area contributed by atoms with Gasteiger partial charge in [0.05, 0.1) is 13.2 Å². The number of rotatable bonds is 11. The predicted molar refractivity (Wildman–Crippen MR) is 103 cm³/mol. The molecule has 0 saturated carbocycles. The molecule has 0 aliphatic rings. The fraction of sp³-hybridized carbons (Fsp3) is 0.300. The van der Waals surface area contributed by atoms with E-state index in [1.165, 1.54) is 0 Å². The fourth-order valence-electron chi connectivity index (χ4n) is 2.30. The average Bonchev–Trinajstić information content (AvgIpc) is 2.64. The number of unbranched alkanes of at least 4 members (excludes halogenated alkanes) is 3. The van der Waals surface area contributed by atoms with Crippen LogP contribution in [0.2, 0.25) is 0 Å². The van der Waals surface area contributed by atoms with Crippen molar-refractivity contribution in [2.24, 2.45) is 0 Å². The van der Waals surface area contributed by atoms with Gasteiger partial charge in [0.25, 0.3) is 10.5 Å². The molecule has 0 aromatic heterocycles. The summed E-state index contributed by atoms with van der Waals surface area (Å²) in [6, 6.07) is 13.6.